The largest absolute Gasteiger partial charge is 0.351 e. The van der Waals surface area contributed by atoms with Crippen molar-refractivity contribution >= 4 is 61.4 Å². The molecule has 0 saturated carbocycles. The van der Waals surface area contributed by atoms with E-state index in [2.05, 4.69) is 15.0 Å². The lowest BCUT2D eigenvalue weighted by molar-refractivity contribution is 0.217. The Morgan fingerprint density at radius 3 is 2.36 bits per heavy atom. The number of aryl methyl sites for hydroxylation is 1. The minimum Gasteiger partial charge on any atom is -0.351 e. The van der Waals surface area contributed by atoms with E-state index in [1.54, 1.807) is 0 Å². The molecule has 8 nitrogen and oxygen atoms in total. The van der Waals surface area contributed by atoms with Gasteiger partial charge in [-0.15, -0.1) is 0 Å². The molecule has 33 heavy (non-hydrogen) atoms. The van der Waals surface area contributed by atoms with Crippen molar-refractivity contribution < 1.29 is 21.6 Å². The number of hydrogen-bond acceptors (Lipinski definition) is 5. The second kappa shape index (κ2) is 8.67. The van der Waals surface area contributed by atoms with Crippen molar-refractivity contribution in [1.82, 2.24) is 13.9 Å². The molecular weight excluding hydrogens is 506 g/mol. The maximum absolute atomic E-state index is 14.6. The summed E-state index contributed by atoms with van der Waals surface area (Å²) in [5.74, 6) is -0.841. The number of fused-ring (bicyclic) bond motifs is 1. The van der Waals surface area contributed by atoms with Crippen molar-refractivity contribution in [3.63, 3.8) is 0 Å². The fraction of sp³-hybridized carbons (Fsp3) is 0.263. The molecule has 0 aliphatic carbocycles. The van der Waals surface area contributed by atoms with E-state index in [1.807, 2.05) is 0 Å². The second-order valence-corrected chi connectivity index (χ2v) is 9.77. The van der Waals surface area contributed by atoms with Crippen molar-refractivity contribution in [1.29, 1.82) is 0 Å². The van der Waals surface area contributed by atoms with Crippen molar-refractivity contribution in [3.8, 4) is 0 Å². The first-order chi connectivity index (χ1) is 15.5. The summed E-state index contributed by atoms with van der Waals surface area (Å²) < 4.78 is 70.4. The molecule has 0 amide bonds. The Labute approximate surface area is 196 Å². The Bertz CT molecular complexity index is 1410. The summed E-state index contributed by atoms with van der Waals surface area (Å²) >= 11 is 12.6. The molecule has 1 saturated heterocycles. The van der Waals surface area contributed by atoms with Crippen LogP contribution in [0.15, 0.2) is 35.4 Å². The molecule has 4 rings (SSSR count). The summed E-state index contributed by atoms with van der Waals surface area (Å²) in [6.07, 6.45) is -2.56. The van der Waals surface area contributed by atoms with Crippen LogP contribution in [0.4, 0.5) is 30.2 Å². The molecule has 1 aromatic heterocycles. The van der Waals surface area contributed by atoms with E-state index in [9.17, 15) is 26.4 Å². The minimum atomic E-state index is -4.36. The minimum absolute atomic E-state index is 0.0392. The van der Waals surface area contributed by atoms with E-state index in [4.69, 9.17) is 23.2 Å². The molecule has 0 bridgehead atoms. The van der Waals surface area contributed by atoms with Crippen LogP contribution in [0, 0.1) is 5.82 Å². The van der Waals surface area contributed by atoms with Gasteiger partial charge in [-0.05, 0) is 24.3 Å². The number of halogens is 5. The molecule has 0 spiro atoms. The summed E-state index contributed by atoms with van der Waals surface area (Å²) in [6, 6.07) is 4.97. The number of benzene rings is 2. The topological polar surface area (TPSA) is 96.3 Å². The molecule has 0 unspecified atom stereocenters. The second-order valence-electron chi connectivity index (χ2n) is 7.35. The SMILES string of the molecule is Cn1cnc2ccc(Nc3c(F)ccc(NS(=O)(=O)N4C[C@@H](F)[C@@H](F)C4)c3Cl)c(Cl)c2c1=O. The number of anilines is 3. The molecule has 3 aromatic rings. The molecule has 2 N–H and O–H groups in total. The van der Waals surface area contributed by atoms with Gasteiger partial charge in [-0.3, -0.25) is 9.52 Å². The first-order valence-corrected chi connectivity index (χ1v) is 11.6. The summed E-state index contributed by atoms with van der Waals surface area (Å²) in [7, 11) is -2.87. The van der Waals surface area contributed by atoms with Gasteiger partial charge in [-0.25, -0.2) is 18.2 Å². The average molecular weight is 522 g/mol. The van der Waals surface area contributed by atoms with Gasteiger partial charge in [0, 0.05) is 20.1 Å². The maximum Gasteiger partial charge on any atom is 0.301 e. The Morgan fingerprint density at radius 1 is 1.06 bits per heavy atom. The van der Waals surface area contributed by atoms with Crippen LogP contribution in [-0.4, -0.2) is 47.7 Å². The third-order valence-corrected chi connectivity index (χ3v) is 7.34. The van der Waals surface area contributed by atoms with Crippen molar-refractivity contribution in [2.24, 2.45) is 7.05 Å². The third kappa shape index (κ3) is 4.35. The normalized spacial score (nSPS) is 19.2. The van der Waals surface area contributed by atoms with Crippen molar-refractivity contribution in [2.45, 2.75) is 12.3 Å². The lowest BCUT2D eigenvalue weighted by atomic mass is 10.2. The monoisotopic (exact) mass is 521 g/mol. The molecule has 176 valence electrons. The standard InChI is InChI=1S/C19H16Cl2F3N5O3S/c1-28-8-25-12-4-5-13(16(20)15(12)19(28)30)26-18-9(22)2-3-14(17(18)21)27-33(31,32)29-6-10(23)11(24)7-29/h2-5,8,10-11,26-27H,6-7H2,1H3/t10-,11+. The highest BCUT2D eigenvalue weighted by Gasteiger charge is 2.39. The van der Waals surface area contributed by atoms with Crippen LogP contribution in [0.5, 0.6) is 0 Å². The Balaban J connectivity index is 1.69. The highest BCUT2D eigenvalue weighted by atomic mass is 35.5. The number of hydrogen-bond donors (Lipinski definition) is 2. The number of nitrogens with zero attached hydrogens (tertiary/aromatic N) is 3. The molecule has 1 aliphatic heterocycles. The highest BCUT2D eigenvalue weighted by Crippen LogP contribution is 2.38. The lowest BCUT2D eigenvalue weighted by Crippen LogP contribution is -2.34. The Hall–Kier alpha value is -2.54. The van der Waals surface area contributed by atoms with Gasteiger partial charge >= 0.3 is 10.2 Å². The van der Waals surface area contributed by atoms with E-state index in [0.29, 0.717) is 9.82 Å². The predicted molar refractivity (Wildman–Crippen MR) is 121 cm³/mol. The van der Waals surface area contributed by atoms with Crippen molar-refractivity contribution in [3.05, 3.63) is 56.8 Å². The fourth-order valence-corrected chi connectivity index (χ4v) is 5.17. The number of nitrogens with one attached hydrogen (secondary N) is 2. The van der Waals surface area contributed by atoms with Crippen LogP contribution in [0.25, 0.3) is 10.9 Å². The van der Waals surface area contributed by atoms with Gasteiger partial charge in [0.1, 0.15) is 18.2 Å². The van der Waals surface area contributed by atoms with E-state index in [1.165, 1.54) is 30.1 Å². The number of alkyl halides is 2. The van der Waals surface area contributed by atoms with Gasteiger partial charge in [0.25, 0.3) is 5.56 Å². The van der Waals surface area contributed by atoms with Crippen LogP contribution in [-0.2, 0) is 17.3 Å². The zero-order chi connectivity index (χ0) is 24.1. The molecule has 1 aliphatic rings. The fourth-order valence-electron chi connectivity index (χ4n) is 3.32. The third-order valence-electron chi connectivity index (χ3n) is 5.10. The number of aromatic nitrogens is 2. The summed E-state index contributed by atoms with van der Waals surface area (Å²) in [6.45, 7) is -1.31. The van der Waals surface area contributed by atoms with E-state index < -0.39 is 47.0 Å². The molecule has 1 fully saturated rings. The summed E-state index contributed by atoms with van der Waals surface area (Å²) in [5.41, 5.74) is -0.538. The molecule has 0 radical (unpaired) electrons. The Morgan fingerprint density at radius 2 is 1.70 bits per heavy atom. The Kier molecular flexibility index (Phi) is 6.20. The van der Waals surface area contributed by atoms with Crippen LogP contribution in [0.1, 0.15) is 0 Å². The van der Waals surface area contributed by atoms with E-state index in [-0.39, 0.29) is 32.5 Å². The molecule has 2 atom stereocenters. The van der Waals surface area contributed by atoms with Gasteiger partial charge in [0.2, 0.25) is 0 Å². The first-order valence-electron chi connectivity index (χ1n) is 9.44. The predicted octanol–water partition coefficient (Wildman–Crippen LogP) is 3.77. The zero-order valence-corrected chi connectivity index (χ0v) is 19.1. The zero-order valence-electron chi connectivity index (χ0n) is 16.8. The average Bonchev–Trinajstić information content (AvgIpc) is 3.11. The molecule has 2 heterocycles. The quantitative estimate of drug-likeness (QED) is 0.532. The molecular formula is C19H16Cl2F3N5O3S. The molecule has 2 aromatic carbocycles. The van der Waals surface area contributed by atoms with E-state index in [0.717, 1.165) is 12.1 Å². The van der Waals surface area contributed by atoms with Gasteiger partial charge in [0.05, 0.1) is 44.3 Å². The van der Waals surface area contributed by atoms with Crippen molar-refractivity contribution in [2.75, 3.05) is 23.1 Å². The molecule has 14 heteroatoms. The maximum atomic E-state index is 14.6. The van der Waals surface area contributed by atoms with Crippen LogP contribution >= 0.6 is 23.2 Å². The van der Waals surface area contributed by atoms with Gasteiger partial charge in [-0.1, -0.05) is 23.2 Å². The van der Waals surface area contributed by atoms with Crippen LogP contribution < -0.4 is 15.6 Å². The van der Waals surface area contributed by atoms with Crippen LogP contribution in [0.3, 0.4) is 0 Å². The van der Waals surface area contributed by atoms with Gasteiger partial charge in [0.15, 0.2) is 0 Å². The van der Waals surface area contributed by atoms with Gasteiger partial charge < -0.3 is 9.88 Å². The summed E-state index contributed by atoms with van der Waals surface area (Å²) in [5, 5.41) is 2.37. The highest BCUT2D eigenvalue weighted by molar-refractivity contribution is 7.90. The van der Waals surface area contributed by atoms with Crippen LogP contribution in [0.2, 0.25) is 10.0 Å². The first kappa shape index (κ1) is 23.6. The number of rotatable bonds is 5. The lowest BCUT2D eigenvalue weighted by Gasteiger charge is -2.19. The smallest absolute Gasteiger partial charge is 0.301 e. The summed E-state index contributed by atoms with van der Waals surface area (Å²) in [4.78, 5) is 16.6. The van der Waals surface area contributed by atoms with E-state index >= 15 is 0 Å². The van der Waals surface area contributed by atoms with Gasteiger partial charge in [-0.2, -0.15) is 12.7 Å².